The van der Waals surface area contributed by atoms with Crippen LogP contribution in [-0.2, 0) is 4.79 Å². The average molecular weight is 126 g/mol. The highest BCUT2D eigenvalue weighted by Gasteiger charge is 2.05. The molecule has 9 heavy (non-hydrogen) atoms. The molecule has 0 aromatic heterocycles. The Kier molecular flexibility index (Phi) is 3.21. The lowest BCUT2D eigenvalue weighted by Gasteiger charge is -2.01. The summed E-state index contributed by atoms with van der Waals surface area (Å²) in [5.41, 5.74) is 0.953. The van der Waals surface area contributed by atoms with Gasteiger partial charge in [0.2, 0.25) is 0 Å². The number of carbonyl (C=O) groups is 1. The molecule has 0 aliphatic heterocycles. The summed E-state index contributed by atoms with van der Waals surface area (Å²) in [6.07, 6.45) is 0.539. The number of Topliss-reactive ketones (excluding diaryl/α,β-unsaturated/α-hetero) is 1. The molecule has 0 aromatic carbocycles. The molecule has 0 rings (SSSR count). The van der Waals surface area contributed by atoms with Gasteiger partial charge in [0.05, 0.1) is 0 Å². The Morgan fingerprint density at radius 3 is 2.11 bits per heavy atom. The fraction of sp³-hybridized carbons (Fsp3) is 0.625. The van der Waals surface area contributed by atoms with Crippen LogP contribution in [0.3, 0.4) is 0 Å². The van der Waals surface area contributed by atoms with E-state index in [-0.39, 0.29) is 11.7 Å². The van der Waals surface area contributed by atoms with Crippen LogP contribution in [0.5, 0.6) is 0 Å². The first kappa shape index (κ1) is 8.41. The molecule has 0 atom stereocenters. The van der Waals surface area contributed by atoms with Crippen molar-refractivity contribution in [3.8, 4) is 0 Å². The van der Waals surface area contributed by atoms with Gasteiger partial charge in [0.1, 0.15) is 5.78 Å². The number of rotatable bonds is 3. The van der Waals surface area contributed by atoms with Crippen LogP contribution >= 0.6 is 0 Å². The lowest BCUT2D eigenvalue weighted by molar-refractivity contribution is -0.121. The zero-order valence-electron chi connectivity index (χ0n) is 6.40. The van der Waals surface area contributed by atoms with Gasteiger partial charge in [0.25, 0.3) is 0 Å². The smallest absolute Gasteiger partial charge is 0.139 e. The number of hydrogen-bond donors (Lipinski definition) is 0. The van der Waals surface area contributed by atoms with E-state index in [1.165, 1.54) is 0 Å². The maximum Gasteiger partial charge on any atom is 0.139 e. The molecule has 0 aromatic rings. The van der Waals surface area contributed by atoms with Gasteiger partial charge in [-0.05, 0) is 6.92 Å². The normalized spacial score (nSPS) is 9.78. The van der Waals surface area contributed by atoms with Gasteiger partial charge in [0.15, 0.2) is 0 Å². The number of ketones is 1. The molecule has 0 saturated carbocycles. The van der Waals surface area contributed by atoms with Crippen molar-refractivity contribution in [1.82, 2.24) is 0 Å². The van der Waals surface area contributed by atoms with Gasteiger partial charge in [-0.3, -0.25) is 4.79 Å². The number of allylic oxidation sites excluding steroid dienone is 1. The molecule has 1 nitrogen and oxygen atoms in total. The van der Waals surface area contributed by atoms with Gasteiger partial charge in [-0.1, -0.05) is 26.0 Å². The predicted molar refractivity (Wildman–Crippen MR) is 39.3 cm³/mol. The van der Waals surface area contributed by atoms with E-state index in [9.17, 15) is 4.79 Å². The highest BCUT2D eigenvalue weighted by atomic mass is 16.1. The van der Waals surface area contributed by atoms with Gasteiger partial charge >= 0.3 is 0 Å². The highest BCUT2D eigenvalue weighted by Crippen LogP contribution is 2.03. The quantitative estimate of drug-likeness (QED) is 0.530. The van der Waals surface area contributed by atoms with Crippen LogP contribution in [0.15, 0.2) is 12.2 Å². The number of hydrogen-bond acceptors (Lipinski definition) is 1. The lowest BCUT2D eigenvalue weighted by atomic mass is 10.0. The third-order valence-corrected chi connectivity index (χ3v) is 1.12. The molecule has 0 amide bonds. The second-order valence-corrected chi connectivity index (χ2v) is 2.75. The Labute approximate surface area is 56.8 Å². The predicted octanol–water partition coefficient (Wildman–Crippen LogP) is 2.18. The third kappa shape index (κ3) is 3.95. The van der Waals surface area contributed by atoms with E-state index in [1.807, 2.05) is 20.8 Å². The SMILES string of the molecule is C=C(C)CC(=O)C(C)C. The van der Waals surface area contributed by atoms with Crippen LogP contribution < -0.4 is 0 Å². The first-order valence-electron chi connectivity index (χ1n) is 3.21. The van der Waals surface area contributed by atoms with Crippen LogP contribution in [0.4, 0.5) is 0 Å². The van der Waals surface area contributed by atoms with E-state index in [1.54, 1.807) is 0 Å². The first-order chi connectivity index (χ1) is 4.04. The molecule has 0 heterocycles. The number of carbonyl (C=O) groups excluding carboxylic acids is 1. The maximum atomic E-state index is 10.9. The third-order valence-electron chi connectivity index (χ3n) is 1.12. The molecular formula is C8H14O. The Morgan fingerprint density at radius 2 is 2.00 bits per heavy atom. The Balaban J connectivity index is 3.64. The molecule has 1 heteroatoms. The van der Waals surface area contributed by atoms with Crippen molar-refractivity contribution >= 4 is 5.78 Å². The van der Waals surface area contributed by atoms with E-state index >= 15 is 0 Å². The van der Waals surface area contributed by atoms with Crippen molar-refractivity contribution in [2.75, 3.05) is 0 Å². The van der Waals surface area contributed by atoms with E-state index in [0.717, 1.165) is 5.57 Å². The van der Waals surface area contributed by atoms with E-state index in [4.69, 9.17) is 0 Å². The summed E-state index contributed by atoms with van der Waals surface area (Å²) < 4.78 is 0. The molecule has 52 valence electrons. The minimum atomic E-state index is 0.154. The molecule has 0 spiro atoms. The van der Waals surface area contributed by atoms with E-state index in [0.29, 0.717) is 6.42 Å². The van der Waals surface area contributed by atoms with Crippen molar-refractivity contribution < 1.29 is 4.79 Å². The van der Waals surface area contributed by atoms with Crippen molar-refractivity contribution in [3.05, 3.63) is 12.2 Å². The van der Waals surface area contributed by atoms with Crippen LogP contribution in [-0.4, -0.2) is 5.78 Å². The van der Waals surface area contributed by atoms with Gasteiger partial charge < -0.3 is 0 Å². The maximum absolute atomic E-state index is 10.9. The summed E-state index contributed by atoms with van der Waals surface area (Å²) >= 11 is 0. The van der Waals surface area contributed by atoms with Gasteiger partial charge in [-0.2, -0.15) is 0 Å². The van der Waals surface area contributed by atoms with Gasteiger partial charge in [0, 0.05) is 12.3 Å². The zero-order chi connectivity index (χ0) is 7.44. The molecule has 0 saturated heterocycles. The summed E-state index contributed by atoms with van der Waals surface area (Å²) in [5, 5.41) is 0. The largest absolute Gasteiger partial charge is 0.299 e. The Hall–Kier alpha value is -0.590. The average Bonchev–Trinajstić information content (AvgIpc) is 1.63. The van der Waals surface area contributed by atoms with E-state index in [2.05, 4.69) is 6.58 Å². The zero-order valence-corrected chi connectivity index (χ0v) is 6.40. The van der Waals surface area contributed by atoms with Crippen molar-refractivity contribution in [2.45, 2.75) is 27.2 Å². The van der Waals surface area contributed by atoms with Crippen molar-refractivity contribution in [2.24, 2.45) is 5.92 Å². The lowest BCUT2D eigenvalue weighted by Crippen LogP contribution is -2.06. The van der Waals surface area contributed by atoms with Crippen LogP contribution in [0.2, 0.25) is 0 Å². The monoisotopic (exact) mass is 126 g/mol. The fourth-order valence-electron chi connectivity index (χ4n) is 0.502. The Morgan fingerprint density at radius 1 is 1.56 bits per heavy atom. The second-order valence-electron chi connectivity index (χ2n) is 2.75. The van der Waals surface area contributed by atoms with Gasteiger partial charge in [-0.25, -0.2) is 0 Å². The van der Waals surface area contributed by atoms with E-state index < -0.39 is 0 Å². The van der Waals surface area contributed by atoms with Gasteiger partial charge in [-0.15, -0.1) is 0 Å². The minimum absolute atomic E-state index is 0.154. The second kappa shape index (κ2) is 3.44. The van der Waals surface area contributed by atoms with Crippen LogP contribution in [0.1, 0.15) is 27.2 Å². The van der Waals surface area contributed by atoms with Crippen molar-refractivity contribution in [3.63, 3.8) is 0 Å². The summed E-state index contributed by atoms with van der Waals surface area (Å²) in [6.45, 7) is 9.35. The topological polar surface area (TPSA) is 17.1 Å². The first-order valence-corrected chi connectivity index (χ1v) is 3.21. The fourth-order valence-corrected chi connectivity index (χ4v) is 0.502. The summed E-state index contributed by atoms with van der Waals surface area (Å²) in [7, 11) is 0. The molecule has 0 radical (unpaired) electrons. The molecule has 0 N–H and O–H groups in total. The minimum Gasteiger partial charge on any atom is -0.299 e. The molecule has 0 bridgehead atoms. The van der Waals surface area contributed by atoms with Crippen molar-refractivity contribution in [1.29, 1.82) is 0 Å². The molecule has 0 aliphatic rings. The molecule has 0 aliphatic carbocycles. The summed E-state index contributed by atoms with van der Waals surface area (Å²) in [6, 6.07) is 0. The van der Waals surface area contributed by atoms with Crippen LogP contribution in [0.25, 0.3) is 0 Å². The Bertz CT molecular complexity index is 123. The standard InChI is InChI=1S/C8H14O/c1-6(2)5-8(9)7(3)4/h7H,1,5H2,2-4H3. The molecular weight excluding hydrogens is 112 g/mol. The molecule has 0 unspecified atom stereocenters. The summed E-state index contributed by atoms with van der Waals surface area (Å²) in [5.74, 6) is 0.434. The highest BCUT2D eigenvalue weighted by molar-refractivity contribution is 5.82. The summed E-state index contributed by atoms with van der Waals surface area (Å²) in [4.78, 5) is 10.9. The molecule has 0 fully saturated rings. The van der Waals surface area contributed by atoms with Crippen LogP contribution in [0, 0.1) is 5.92 Å².